The van der Waals surface area contributed by atoms with E-state index in [1.165, 1.54) is 0 Å². The van der Waals surface area contributed by atoms with Crippen LogP contribution in [-0.2, 0) is 0 Å². The van der Waals surface area contributed by atoms with E-state index in [-0.39, 0.29) is 25.0 Å². The van der Waals surface area contributed by atoms with Crippen molar-refractivity contribution in [3.8, 4) is 5.88 Å². The summed E-state index contributed by atoms with van der Waals surface area (Å²) < 4.78 is 31.9. The summed E-state index contributed by atoms with van der Waals surface area (Å²) in [7, 11) is 1.59. The molecule has 3 rings (SSSR count). The van der Waals surface area contributed by atoms with Gasteiger partial charge in [0.2, 0.25) is 5.88 Å². The molecule has 2 fully saturated rings. The molecule has 0 aromatic carbocycles. The number of aromatic nitrogens is 1. The van der Waals surface area contributed by atoms with Gasteiger partial charge in [-0.2, -0.15) is 0 Å². The summed E-state index contributed by atoms with van der Waals surface area (Å²) in [4.78, 5) is 6.48. The highest BCUT2D eigenvalue weighted by atomic mass is 19.3. The third kappa shape index (κ3) is 2.94. The number of hydrogen-bond acceptors (Lipinski definition) is 4. The largest absolute Gasteiger partial charge is 0.481 e. The molecule has 0 unspecified atom stereocenters. The first-order valence-corrected chi connectivity index (χ1v) is 7.82. The van der Waals surface area contributed by atoms with Gasteiger partial charge in [0.1, 0.15) is 0 Å². The van der Waals surface area contributed by atoms with Gasteiger partial charge in [-0.05, 0) is 25.8 Å². The second kappa shape index (κ2) is 5.74. The van der Waals surface area contributed by atoms with Gasteiger partial charge in [0.05, 0.1) is 13.7 Å². The number of hydrogen-bond donors (Lipinski definition) is 1. The molecule has 2 N–H and O–H groups in total. The highest BCUT2D eigenvalue weighted by molar-refractivity contribution is 5.32. The summed E-state index contributed by atoms with van der Waals surface area (Å²) in [6.45, 7) is 2.31. The molecule has 1 atom stereocenters. The van der Waals surface area contributed by atoms with Crippen LogP contribution in [0, 0.1) is 0 Å². The number of pyridine rings is 1. The number of alkyl halides is 2. The first kappa shape index (κ1) is 15.6. The van der Waals surface area contributed by atoms with E-state index in [9.17, 15) is 8.78 Å². The molecule has 0 amide bonds. The van der Waals surface area contributed by atoms with Gasteiger partial charge in [-0.1, -0.05) is 6.07 Å². The number of nitrogens with zero attached hydrogens (tertiary/aromatic N) is 2. The van der Waals surface area contributed by atoms with E-state index in [1.54, 1.807) is 7.11 Å². The second-order valence-electron chi connectivity index (χ2n) is 6.52. The maximum absolute atomic E-state index is 13.3. The standard InChI is InChI=1S/C16H23F2N3O/c1-10(19)13-3-4-14(20-15(13)22-2)11-7-12(8-11)21-6-5-16(17,18)9-21/h3-4,10-12H,5-9,19H2,1-2H3/t10-,11?,12?/m0/s1. The van der Waals surface area contributed by atoms with E-state index in [0.717, 1.165) is 24.1 Å². The van der Waals surface area contributed by atoms with Crippen LogP contribution in [0.2, 0.25) is 0 Å². The Labute approximate surface area is 129 Å². The van der Waals surface area contributed by atoms with Crippen LogP contribution in [0.5, 0.6) is 5.88 Å². The summed E-state index contributed by atoms with van der Waals surface area (Å²) >= 11 is 0. The molecule has 2 aliphatic rings. The van der Waals surface area contributed by atoms with Crippen molar-refractivity contribution in [2.75, 3.05) is 20.2 Å². The smallest absolute Gasteiger partial charge is 0.261 e. The Kier molecular flexibility index (Phi) is 4.07. The van der Waals surface area contributed by atoms with Crippen LogP contribution in [0.4, 0.5) is 8.78 Å². The van der Waals surface area contributed by atoms with Crippen LogP contribution in [-0.4, -0.2) is 42.0 Å². The lowest BCUT2D eigenvalue weighted by atomic mass is 9.77. The lowest BCUT2D eigenvalue weighted by Crippen LogP contribution is -2.43. The van der Waals surface area contributed by atoms with E-state index in [2.05, 4.69) is 4.98 Å². The Hall–Kier alpha value is -1.27. The molecule has 2 heterocycles. The predicted molar refractivity (Wildman–Crippen MR) is 80.3 cm³/mol. The molecule has 0 bridgehead atoms. The van der Waals surface area contributed by atoms with Gasteiger partial charge in [0.25, 0.3) is 5.92 Å². The van der Waals surface area contributed by atoms with Gasteiger partial charge in [-0.15, -0.1) is 0 Å². The van der Waals surface area contributed by atoms with E-state index in [1.807, 2.05) is 24.0 Å². The Bertz CT molecular complexity index is 544. The van der Waals surface area contributed by atoms with Gasteiger partial charge in [0, 0.05) is 42.2 Å². The van der Waals surface area contributed by atoms with Crippen LogP contribution >= 0.6 is 0 Å². The van der Waals surface area contributed by atoms with E-state index >= 15 is 0 Å². The maximum Gasteiger partial charge on any atom is 0.261 e. The zero-order chi connectivity index (χ0) is 15.9. The topological polar surface area (TPSA) is 51.4 Å². The Morgan fingerprint density at radius 1 is 1.41 bits per heavy atom. The van der Waals surface area contributed by atoms with E-state index < -0.39 is 5.92 Å². The molecule has 1 aliphatic carbocycles. The van der Waals surface area contributed by atoms with Crippen molar-refractivity contribution in [3.05, 3.63) is 23.4 Å². The first-order chi connectivity index (χ1) is 10.4. The molecule has 0 spiro atoms. The van der Waals surface area contributed by atoms with Crippen LogP contribution in [0.25, 0.3) is 0 Å². The zero-order valence-electron chi connectivity index (χ0n) is 13.1. The third-order valence-electron chi connectivity index (χ3n) is 4.84. The molecular formula is C16H23F2N3O. The summed E-state index contributed by atoms with van der Waals surface area (Å²) in [5.74, 6) is -1.61. The Morgan fingerprint density at radius 3 is 2.68 bits per heavy atom. The molecule has 1 aliphatic heterocycles. The molecule has 6 heteroatoms. The third-order valence-corrected chi connectivity index (χ3v) is 4.84. The normalized spacial score (nSPS) is 29.1. The Morgan fingerprint density at radius 2 is 2.14 bits per heavy atom. The van der Waals surface area contributed by atoms with Crippen molar-refractivity contribution in [1.29, 1.82) is 0 Å². The van der Waals surface area contributed by atoms with Crippen molar-refractivity contribution < 1.29 is 13.5 Å². The quantitative estimate of drug-likeness (QED) is 0.929. The molecule has 1 saturated carbocycles. The summed E-state index contributed by atoms with van der Waals surface area (Å²) in [5.41, 5.74) is 7.76. The lowest BCUT2D eigenvalue weighted by molar-refractivity contribution is 0.000513. The average molecular weight is 311 g/mol. The lowest BCUT2D eigenvalue weighted by Gasteiger charge is -2.41. The minimum Gasteiger partial charge on any atom is -0.481 e. The summed E-state index contributed by atoms with van der Waals surface area (Å²) in [6, 6.07) is 4.08. The van der Waals surface area contributed by atoms with Crippen molar-refractivity contribution >= 4 is 0 Å². The minimum atomic E-state index is -2.51. The highest BCUT2D eigenvalue weighted by Crippen LogP contribution is 2.42. The second-order valence-corrected chi connectivity index (χ2v) is 6.52. The monoisotopic (exact) mass is 311 g/mol. The fraction of sp³-hybridized carbons (Fsp3) is 0.688. The van der Waals surface area contributed by atoms with Gasteiger partial charge < -0.3 is 10.5 Å². The number of methoxy groups -OCH3 is 1. The van der Waals surface area contributed by atoms with E-state index in [0.29, 0.717) is 18.3 Å². The number of likely N-dealkylation sites (tertiary alicyclic amines) is 1. The molecule has 0 radical (unpaired) electrons. The average Bonchev–Trinajstić information content (AvgIpc) is 2.76. The highest BCUT2D eigenvalue weighted by Gasteiger charge is 2.45. The molecule has 122 valence electrons. The van der Waals surface area contributed by atoms with Crippen LogP contribution in [0.15, 0.2) is 12.1 Å². The molecule has 4 nitrogen and oxygen atoms in total. The predicted octanol–water partition coefficient (Wildman–Crippen LogP) is 2.70. The maximum atomic E-state index is 13.3. The van der Waals surface area contributed by atoms with E-state index in [4.69, 9.17) is 10.5 Å². The molecule has 1 aromatic rings. The number of ether oxygens (including phenoxy) is 1. The molecular weight excluding hydrogens is 288 g/mol. The van der Waals surface area contributed by atoms with Crippen molar-refractivity contribution in [2.45, 2.75) is 50.1 Å². The van der Waals surface area contributed by atoms with Crippen LogP contribution in [0.1, 0.15) is 49.4 Å². The number of nitrogens with two attached hydrogens (primary N) is 1. The van der Waals surface area contributed by atoms with Gasteiger partial charge >= 0.3 is 0 Å². The van der Waals surface area contributed by atoms with Crippen LogP contribution in [0.3, 0.4) is 0 Å². The number of rotatable bonds is 4. The molecule has 1 saturated heterocycles. The van der Waals surface area contributed by atoms with Crippen molar-refractivity contribution in [1.82, 2.24) is 9.88 Å². The molecule has 1 aromatic heterocycles. The summed E-state index contributed by atoms with van der Waals surface area (Å²) in [5, 5.41) is 0. The SMILES string of the molecule is COc1nc(C2CC(N3CCC(F)(F)C3)C2)ccc1[C@H](C)N. The summed E-state index contributed by atoms with van der Waals surface area (Å²) in [6.07, 6.45) is 1.77. The van der Waals surface area contributed by atoms with Gasteiger partial charge in [-0.25, -0.2) is 13.8 Å². The Balaban J connectivity index is 1.63. The fourth-order valence-electron chi connectivity index (χ4n) is 3.40. The zero-order valence-corrected chi connectivity index (χ0v) is 13.1. The van der Waals surface area contributed by atoms with Crippen molar-refractivity contribution in [3.63, 3.8) is 0 Å². The molecule has 22 heavy (non-hydrogen) atoms. The van der Waals surface area contributed by atoms with Crippen LogP contribution < -0.4 is 10.5 Å². The van der Waals surface area contributed by atoms with Gasteiger partial charge in [-0.3, -0.25) is 4.90 Å². The number of halogens is 2. The first-order valence-electron chi connectivity index (χ1n) is 7.82. The minimum absolute atomic E-state index is 0.0106. The fourth-order valence-corrected chi connectivity index (χ4v) is 3.40. The van der Waals surface area contributed by atoms with Gasteiger partial charge in [0.15, 0.2) is 0 Å². The van der Waals surface area contributed by atoms with Crippen molar-refractivity contribution in [2.24, 2.45) is 5.73 Å².